The van der Waals surface area contributed by atoms with Crippen molar-refractivity contribution in [2.24, 2.45) is 10.9 Å². The van der Waals surface area contributed by atoms with Crippen LogP contribution in [0.2, 0.25) is 0 Å². The summed E-state index contributed by atoms with van der Waals surface area (Å²) in [5.41, 5.74) is 5.09. The average molecular weight is 361 g/mol. The highest BCUT2D eigenvalue weighted by molar-refractivity contribution is 9.10. The molecule has 8 heteroatoms. The van der Waals surface area contributed by atoms with Gasteiger partial charge >= 0.3 is 0 Å². The largest absolute Gasteiger partial charge is 0.450 e. The molecular weight excluding hydrogens is 353 g/mol. The molecule has 4 nitrogen and oxygen atoms in total. The summed E-state index contributed by atoms with van der Waals surface area (Å²) in [6.45, 7) is 0. The van der Waals surface area contributed by atoms with E-state index in [4.69, 9.17) is 15.7 Å². The van der Waals surface area contributed by atoms with Crippen LogP contribution in [0.3, 0.4) is 0 Å². The Bertz CT molecular complexity index is 700. The molecule has 0 unspecified atom stereocenters. The SMILES string of the molecule is N/C(=N/O)c1cc(F)c(Oc2cc(F)ccc2Br)c(F)c1. The fourth-order valence-corrected chi connectivity index (χ4v) is 1.86. The zero-order valence-corrected chi connectivity index (χ0v) is 11.9. The predicted molar refractivity (Wildman–Crippen MR) is 73.0 cm³/mol. The van der Waals surface area contributed by atoms with E-state index in [9.17, 15) is 13.2 Å². The fourth-order valence-electron chi connectivity index (χ4n) is 1.53. The molecule has 0 heterocycles. The Morgan fingerprint density at radius 3 is 2.33 bits per heavy atom. The Balaban J connectivity index is 2.43. The molecule has 110 valence electrons. The second kappa shape index (κ2) is 6.04. The smallest absolute Gasteiger partial charge is 0.198 e. The summed E-state index contributed by atoms with van der Waals surface area (Å²) in [5, 5.41) is 11.1. The first-order valence-corrected chi connectivity index (χ1v) is 6.31. The maximum Gasteiger partial charge on any atom is 0.198 e. The highest BCUT2D eigenvalue weighted by atomic mass is 79.9. The van der Waals surface area contributed by atoms with Crippen molar-refractivity contribution in [3.8, 4) is 11.5 Å². The third-order valence-electron chi connectivity index (χ3n) is 2.51. The first kappa shape index (κ1) is 15.2. The van der Waals surface area contributed by atoms with Gasteiger partial charge in [-0.1, -0.05) is 5.16 Å². The summed E-state index contributed by atoms with van der Waals surface area (Å²) in [5.74, 6) is -4.05. The molecule has 2 aromatic carbocycles. The van der Waals surface area contributed by atoms with Crippen molar-refractivity contribution in [2.75, 3.05) is 0 Å². The van der Waals surface area contributed by atoms with Gasteiger partial charge in [-0.15, -0.1) is 0 Å². The van der Waals surface area contributed by atoms with Gasteiger partial charge in [-0.2, -0.15) is 0 Å². The average Bonchev–Trinajstić information content (AvgIpc) is 2.45. The van der Waals surface area contributed by atoms with Gasteiger partial charge in [-0.25, -0.2) is 13.2 Å². The molecule has 2 aromatic rings. The lowest BCUT2D eigenvalue weighted by Crippen LogP contribution is -2.14. The molecule has 0 aliphatic carbocycles. The standard InChI is InChI=1S/C13H8BrF3N2O2/c14-8-2-1-7(15)5-11(8)21-12-9(16)3-6(4-10(12)17)13(18)19-20/h1-5,20H,(H2,18,19). The summed E-state index contributed by atoms with van der Waals surface area (Å²) in [4.78, 5) is 0. The molecule has 0 aromatic heterocycles. The van der Waals surface area contributed by atoms with Crippen LogP contribution in [0.5, 0.6) is 11.5 Å². The minimum absolute atomic E-state index is 0.0932. The fraction of sp³-hybridized carbons (Fsp3) is 0. The number of nitrogens with zero attached hydrogens (tertiary/aromatic N) is 1. The Hall–Kier alpha value is -2.22. The minimum atomic E-state index is -1.08. The lowest BCUT2D eigenvalue weighted by atomic mass is 10.2. The van der Waals surface area contributed by atoms with Gasteiger partial charge < -0.3 is 15.7 Å². The molecule has 0 aliphatic heterocycles. The van der Waals surface area contributed by atoms with E-state index in [1.165, 1.54) is 6.07 Å². The van der Waals surface area contributed by atoms with E-state index in [0.29, 0.717) is 4.47 Å². The predicted octanol–water partition coefficient (Wildman–Crippen LogP) is 3.75. The number of halogens is 4. The molecule has 2 rings (SSSR count). The quantitative estimate of drug-likeness (QED) is 0.379. The molecule has 0 saturated carbocycles. The Morgan fingerprint density at radius 1 is 1.14 bits per heavy atom. The molecule has 0 saturated heterocycles. The van der Waals surface area contributed by atoms with Crippen molar-refractivity contribution < 1.29 is 23.1 Å². The number of oxime groups is 1. The number of hydrogen-bond acceptors (Lipinski definition) is 3. The normalized spacial score (nSPS) is 11.5. The van der Waals surface area contributed by atoms with Crippen molar-refractivity contribution in [2.45, 2.75) is 0 Å². The molecule has 0 spiro atoms. The molecule has 0 bridgehead atoms. The third-order valence-corrected chi connectivity index (χ3v) is 3.16. The van der Waals surface area contributed by atoms with Crippen molar-refractivity contribution in [3.05, 3.63) is 57.8 Å². The maximum absolute atomic E-state index is 13.9. The first-order chi connectivity index (χ1) is 9.92. The van der Waals surface area contributed by atoms with Gasteiger partial charge in [0.1, 0.15) is 11.6 Å². The summed E-state index contributed by atoms with van der Waals surface area (Å²) in [7, 11) is 0. The summed E-state index contributed by atoms with van der Waals surface area (Å²) < 4.78 is 46.2. The monoisotopic (exact) mass is 360 g/mol. The van der Waals surface area contributed by atoms with Crippen molar-refractivity contribution in [1.82, 2.24) is 0 Å². The van der Waals surface area contributed by atoms with Gasteiger partial charge in [-0.05, 0) is 40.2 Å². The van der Waals surface area contributed by atoms with Crippen molar-refractivity contribution in [1.29, 1.82) is 0 Å². The lowest BCUT2D eigenvalue weighted by Gasteiger charge is -2.11. The van der Waals surface area contributed by atoms with E-state index in [0.717, 1.165) is 24.3 Å². The van der Waals surface area contributed by atoms with Crippen LogP contribution in [0.25, 0.3) is 0 Å². The Morgan fingerprint density at radius 2 is 1.76 bits per heavy atom. The van der Waals surface area contributed by atoms with Gasteiger partial charge in [0.15, 0.2) is 23.2 Å². The maximum atomic E-state index is 13.9. The summed E-state index contributed by atoms with van der Waals surface area (Å²) in [6, 6.07) is 5.14. The van der Waals surface area contributed by atoms with E-state index in [1.54, 1.807) is 0 Å². The molecule has 0 amide bonds. The zero-order valence-electron chi connectivity index (χ0n) is 10.3. The van der Waals surface area contributed by atoms with Crippen LogP contribution in [-0.4, -0.2) is 11.0 Å². The highest BCUT2D eigenvalue weighted by Gasteiger charge is 2.17. The first-order valence-electron chi connectivity index (χ1n) is 5.52. The van der Waals surface area contributed by atoms with Gasteiger partial charge in [-0.3, -0.25) is 0 Å². The van der Waals surface area contributed by atoms with Crippen LogP contribution in [0.4, 0.5) is 13.2 Å². The van der Waals surface area contributed by atoms with Crippen LogP contribution < -0.4 is 10.5 Å². The molecule has 0 aliphatic rings. The number of hydrogen-bond donors (Lipinski definition) is 2. The van der Waals surface area contributed by atoms with E-state index >= 15 is 0 Å². The van der Waals surface area contributed by atoms with E-state index in [1.807, 2.05) is 0 Å². The second-order valence-corrected chi connectivity index (χ2v) is 4.79. The molecule has 21 heavy (non-hydrogen) atoms. The van der Waals surface area contributed by atoms with Gasteiger partial charge in [0.25, 0.3) is 0 Å². The van der Waals surface area contributed by atoms with Crippen LogP contribution in [0.15, 0.2) is 40.0 Å². The summed E-state index contributed by atoms with van der Waals surface area (Å²) >= 11 is 3.08. The summed E-state index contributed by atoms with van der Waals surface area (Å²) in [6.07, 6.45) is 0. The van der Waals surface area contributed by atoms with E-state index in [2.05, 4.69) is 21.1 Å². The molecule has 3 N–H and O–H groups in total. The zero-order chi connectivity index (χ0) is 15.6. The van der Waals surface area contributed by atoms with Crippen LogP contribution in [0.1, 0.15) is 5.56 Å². The molecular formula is C13H8BrF3N2O2. The number of benzene rings is 2. The number of rotatable bonds is 3. The topological polar surface area (TPSA) is 67.8 Å². The number of amidine groups is 1. The van der Waals surface area contributed by atoms with Gasteiger partial charge in [0.05, 0.1) is 4.47 Å². The van der Waals surface area contributed by atoms with E-state index < -0.39 is 29.0 Å². The highest BCUT2D eigenvalue weighted by Crippen LogP contribution is 2.33. The Labute approximate surface area is 125 Å². The van der Waals surface area contributed by atoms with Crippen LogP contribution >= 0.6 is 15.9 Å². The van der Waals surface area contributed by atoms with Crippen molar-refractivity contribution in [3.63, 3.8) is 0 Å². The van der Waals surface area contributed by atoms with E-state index in [-0.39, 0.29) is 11.3 Å². The van der Waals surface area contributed by atoms with Crippen molar-refractivity contribution >= 4 is 21.8 Å². The minimum Gasteiger partial charge on any atom is -0.450 e. The lowest BCUT2D eigenvalue weighted by molar-refractivity contribution is 0.318. The molecule has 0 radical (unpaired) electrons. The third kappa shape index (κ3) is 3.27. The van der Waals surface area contributed by atoms with Gasteiger partial charge in [0.2, 0.25) is 0 Å². The number of nitrogens with two attached hydrogens (primary N) is 1. The van der Waals surface area contributed by atoms with Gasteiger partial charge in [0, 0.05) is 11.6 Å². The molecule has 0 fully saturated rings. The van der Waals surface area contributed by atoms with Crippen LogP contribution in [-0.2, 0) is 0 Å². The molecule has 0 atom stereocenters. The Kier molecular flexibility index (Phi) is 4.37. The second-order valence-electron chi connectivity index (χ2n) is 3.93. The van der Waals surface area contributed by atoms with Crippen LogP contribution in [0, 0.1) is 17.5 Å². The number of ether oxygens (including phenoxy) is 1.